The maximum Gasteiger partial charge on any atom is 0.252 e. The fraction of sp³-hybridized carbons (Fsp3) is 0.667. The number of anilines is 1. The first-order valence-corrected chi connectivity index (χ1v) is 6.03. The Labute approximate surface area is 95.7 Å². The molecule has 0 aromatic carbocycles. The van der Waals surface area contributed by atoms with Gasteiger partial charge in [0.2, 0.25) is 0 Å². The number of hydrogen-bond donors (Lipinski definition) is 1. The molecule has 2 heterocycles. The van der Waals surface area contributed by atoms with Crippen LogP contribution in [0.15, 0.2) is 10.9 Å². The number of hydrogen-bond acceptors (Lipinski definition) is 3. The van der Waals surface area contributed by atoms with Gasteiger partial charge in [-0.15, -0.1) is 0 Å². The summed E-state index contributed by atoms with van der Waals surface area (Å²) in [5.74, 6) is 1.89. The minimum absolute atomic E-state index is 0.0423. The van der Waals surface area contributed by atoms with E-state index in [9.17, 15) is 4.79 Å². The smallest absolute Gasteiger partial charge is 0.252 e. The quantitative estimate of drug-likeness (QED) is 0.829. The van der Waals surface area contributed by atoms with E-state index in [0.717, 1.165) is 24.7 Å². The molecule has 88 valence electrons. The molecule has 1 aliphatic rings. The normalized spacial score (nSPS) is 16.8. The zero-order valence-corrected chi connectivity index (χ0v) is 9.99. The van der Waals surface area contributed by atoms with Gasteiger partial charge in [-0.2, -0.15) is 0 Å². The first-order chi connectivity index (χ1) is 7.66. The van der Waals surface area contributed by atoms with Crippen molar-refractivity contribution in [2.75, 3.05) is 18.0 Å². The summed E-state index contributed by atoms with van der Waals surface area (Å²) < 4.78 is 0. The van der Waals surface area contributed by atoms with E-state index in [1.165, 1.54) is 19.3 Å². The van der Waals surface area contributed by atoms with Gasteiger partial charge in [-0.1, -0.05) is 13.8 Å². The molecule has 4 heteroatoms. The molecule has 1 aromatic rings. The Morgan fingerprint density at radius 1 is 1.31 bits per heavy atom. The Kier molecular flexibility index (Phi) is 3.27. The molecule has 0 atom stereocenters. The van der Waals surface area contributed by atoms with Crippen LogP contribution in [0, 0.1) is 0 Å². The van der Waals surface area contributed by atoms with Gasteiger partial charge in [-0.3, -0.25) is 4.79 Å². The number of aromatic nitrogens is 2. The summed E-state index contributed by atoms with van der Waals surface area (Å²) in [7, 11) is 0. The summed E-state index contributed by atoms with van der Waals surface area (Å²) in [6.45, 7) is 6.12. The van der Waals surface area contributed by atoms with E-state index in [1.54, 1.807) is 6.07 Å². The van der Waals surface area contributed by atoms with Crippen LogP contribution in [0.25, 0.3) is 0 Å². The minimum atomic E-state index is -0.0423. The number of aromatic amines is 1. The lowest BCUT2D eigenvalue weighted by atomic mass is 10.1. The molecule has 1 aromatic heterocycles. The average Bonchev–Trinajstić information content (AvgIpc) is 2.29. The molecule has 0 unspecified atom stereocenters. The molecule has 0 saturated carbocycles. The largest absolute Gasteiger partial charge is 0.356 e. The van der Waals surface area contributed by atoms with Crippen molar-refractivity contribution < 1.29 is 0 Å². The van der Waals surface area contributed by atoms with Crippen LogP contribution in [0.5, 0.6) is 0 Å². The van der Waals surface area contributed by atoms with E-state index in [1.807, 2.05) is 13.8 Å². The molecule has 0 aliphatic carbocycles. The summed E-state index contributed by atoms with van der Waals surface area (Å²) in [6, 6.07) is 1.61. The van der Waals surface area contributed by atoms with Crippen molar-refractivity contribution in [3.63, 3.8) is 0 Å². The Balaban J connectivity index is 2.29. The van der Waals surface area contributed by atoms with E-state index in [2.05, 4.69) is 14.9 Å². The van der Waals surface area contributed by atoms with Crippen molar-refractivity contribution in [2.45, 2.75) is 39.0 Å². The van der Waals surface area contributed by atoms with Crippen molar-refractivity contribution in [3.05, 3.63) is 22.2 Å². The number of H-pyrrole nitrogens is 1. The second kappa shape index (κ2) is 4.68. The lowest BCUT2D eigenvalue weighted by molar-refractivity contribution is 0.570. The van der Waals surface area contributed by atoms with E-state index in [0.29, 0.717) is 0 Å². The predicted molar refractivity (Wildman–Crippen MR) is 65.0 cm³/mol. The molecule has 0 bridgehead atoms. The summed E-state index contributed by atoms with van der Waals surface area (Å²) in [5, 5.41) is 0. The van der Waals surface area contributed by atoms with Gasteiger partial charge >= 0.3 is 0 Å². The highest BCUT2D eigenvalue weighted by molar-refractivity contribution is 5.38. The van der Waals surface area contributed by atoms with Gasteiger partial charge in [0.1, 0.15) is 11.6 Å². The zero-order chi connectivity index (χ0) is 11.5. The van der Waals surface area contributed by atoms with Crippen molar-refractivity contribution in [3.8, 4) is 0 Å². The van der Waals surface area contributed by atoms with Crippen molar-refractivity contribution in [1.82, 2.24) is 9.97 Å². The standard InChI is InChI=1S/C12H19N3O/c1-9(2)12-13-10(8-11(16)14-12)15-6-4-3-5-7-15/h8-9H,3-7H2,1-2H3,(H,13,14,16). The van der Waals surface area contributed by atoms with Gasteiger partial charge in [-0.05, 0) is 19.3 Å². The summed E-state index contributed by atoms with van der Waals surface area (Å²) in [5.41, 5.74) is -0.0423. The van der Waals surface area contributed by atoms with Gasteiger partial charge in [0, 0.05) is 25.1 Å². The maximum absolute atomic E-state index is 11.5. The molecule has 1 N–H and O–H groups in total. The predicted octanol–water partition coefficient (Wildman–Crippen LogP) is 1.88. The third-order valence-electron chi connectivity index (χ3n) is 2.97. The Morgan fingerprint density at radius 3 is 2.62 bits per heavy atom. The fourth-order valence-corrected chi connectivity index (χ4v) is 2.02. The average molecular weight is 221 g/mol. The minimum Gasteiger partial charge on any atom is -0.356 e. The Bertz CT molecular complexity index is 405. The molecule has 0 amide bonds. The summed E-state index contributed by atoms with van der Waals surface area (Å²) in [4.78, 5) is 21.1. The molecule has 4 nitrogen and oxygen atoms in total. The third kappa shape index (κ3) is 2.43. The number of piperidine rings is 1. The van der Waals surface area contributed by atoms with Crippen LogP contribution in [0.4, 0.5) is 5.82 Å². The van der Waals surface area contributed by atoms with Crippen molar-refractivity contribution >= 4 is 5.82 Å². The third-order valence-corrected chi connectivity index (χ3v) is 2.97. The lowest BCUT2D eigenvalue weighted by Gasteiger charge is -2.27. The highest BCUT2D eigenvalue weighted by atomic mass is 16.1. The molecular formula is C12H19N3O. The number of nitrogens with one attached hydrogen (secondary N) is 1. The van der Waals surface area contributed by atoms with Crippen molar-refractivity contribution in [1.29, 1.82) is 0 Å². The van der Waals surface area contributed by atoms with Gasteiger partial charge in [0.15, 0.2) is 0 Å². The second-order valence-electron chi connectivity index (χ2n) is 4.69. The highest BCUT2D eigenvalue weighted by Crippen LogP contribution is 2.17. The van der Waals surface area contributed by atoms with Gasteiger partial charge < -0.3 is 9.88 Å². The monoisotopic (exact) mass is 221 g/mol. The van der Waals surface area contributed by atoms with E-state index < -0.39 is 0 Å². The second-order valence-corrected chi connectivity index (χ2v) is 4.69. The van der Waals surface area contributed by atoms with Crippen LogP contribution in [0.1, 0.15) is 44.9 Å². The zero-order valence-electron chi connectivity index (χ0n) is 9.99. The SMILES string of the molecule is CC(C)c1nc(N2CCCCC2)cc(=O)[nH]1. The van der Waals surface area contributed by atoms with Crippen LogP contribution >= 0.6 is 0 Å². The molecule has 0 spiro atoms. The molecule has 1 aliphatic heterocycles. The van der Waals surface area contributed by atoms with Crippen LogP contribution < -0.4 is 10.5 Å². The van der Waals surface area contributed by atoms with E-state index >= 15 is 0 Å². The summed E-state index contributed by atoms with van der Waals surface area (Å²) >= 11 is 0. The van der Waals surface area contributed by atoms with Crippen LogP contribution in [0.2, 0.25) is 0 Å². The first-order valence-electron chi connectivity index (χ1n) is 6.03. The Morgan fingerprint density at radius 2 is 2.00 bits per heavy atom. The molecule has 1 fully saturated rings. The van der Waals surface area contributed by atoms with Crippen molar-refractivity contribution in [2.24, 2.45) is 0 Å². The van der Waals surface area contributed by atoms with Gasteiger partial charge in [0.05, 0.1) is 0 Å². The van der Waals surface area contributed by atoms with Crippen LogP contribution in [-0.2, 0) is 0 Å². The number of rotatable bonds is 2. The highest BCUT2D eigenvalue weighted by Gasteiger charge is 2.14. The van der Waals surface area contributed by atoms with Crippen LogP contribution in [0.3, 0.4) is 0 Å². The molecular weight excluding hydrogens is 202 g/mol. The summed E-state index contributed by atoms with van der Waals surface area (Å²) in [6.07, 6.45) is 3.69. The topological polar surface area (TPSA) is 49.0 Å². The van der Waals surface area contributed by atoms with Gasteiger partial charge in [0.25, 0.3) is 5.56 Å². The Hall–Kier alpha value is -1.32. The molecule has 0 radical (unpaired) electrons. The van der Waals surface area contributed by atoms with Gasteiger partial charge in [-0.25, -0.2) is 4.98 Å². The maximum atomic E-state index is 11.5. The fourth-order valence-electron chi connectivity index (χ4n) is 2.02. The van der Waals surface area contributed by atoms with E-state index in [-0.39, 0.29) is 11.5 Å². The molecule has 2 rings (SSSR count). The number of nitrogens with zero attached hydrogens (tertiary/aromatic N) is 2. The molecule has 16 heavy (non-hydrogen) atoms. The van der Waals surface area contributed by atoms with E-state index in [4.69, 9.17) is 0 Å². The first kappa shape index (κ1) is 11.2. The lowest BCUT2D eigenvalue weighted by Crippen LogP contribution is -2.31. The van der Waals surface area contributed by atoms with Crippen LogP contribution in [-0.4, -0.2) is 23.1 Å². The molecule has 1 saturated heterocycles.